The second-order valence-corrected chi connectivity index (χ2v) is 9.09. The van der Waals surface area contributed by atoms with Crippen molar-refractivity contribution < 1.29 is 4.79 Å². The normalized spacial score (nSPS) is 11.0. The minimum atomic E-state index is -0.191. The molecule has 0 aliphatic carbocycles. The summed E-state index contributed by atoms with van der Waals surface area (Å²) in [4.78, 5) is 21.8. The van der Waals surface area contributed by atoms with E-state index >= 15 is 0 Å². The molecule has 1 amide bonds. The third kappa shape index (κ3) is 5.75. The maximum atomic E-state index is 13.3. The number of nitrogens with zero attached hydrogens (tertiary/aromatic N) is 3. The quantitative estimate of drug-likeness (QED) is 0.389. The summed E-state index contributed by atoms with van der Waals surface area (Å²) in [5.74, 6) is -0.191. The molecular formula is C20H21Cl4N3OS. The Balaban J connectivity index is 0.00000300. The zero-order valence-corrected chi connectivity index (χ0v) is 20.1. The summed E-state index contributed by atoms with van der Waals surface area (Å²) in [5, 5.41) is 2.11. The first-order valence-electron chi connectivity index (χ1n) is 8.74. The van der Waals surface area contributed by atoms with Crippen LogP contribution in [-0.4, -0.2) is 43.0 Å². The number of carbonyl (C=O) groups is 1. The number of anilines is 1. The maximum absolute atomic E-state index is 13.3. The number of aromatic nitrogens is 1. The van der Waals surface area contributed by atoms with Gasteiger partial charge in [0.15, 0.2) is 5.13 Å². The molecule has 4 nitrogen and oxygen atoms in total. The molecule has 0 saturated heterocycles. The lowest BCUT2D eigenvalue weighted by Crippen LogP contribution is -2.33. The molecule has 1 heterocycles. The molecule has 0 unspecified atom stereocenters. The highest BCUT2D eigenvalue weighted by Gasteiger charge is 2.23. The molecule has 0 fully saturated rings. The summed E-state index contributed by atoms with van der Waals surface area (Å²) in [5.41, 5.74) is 2.25. The number of fused-ring (bicyclic) bond motifs is 1. The smallest absolute Gasteiger partial charge is 0.261 e. The largest absolute Gasteiger partial charge is 0.309 e. The number of thiazole rings is 1. The summed E-state index contributed by atoms with van der Waals surface area (Å²) in [7, 11) is 4.01. The summed E-state index contributed by atoms with van der Waals surface area (Å²) in [6.45, 7) is 3.35. The van der Waals surface area contributed by atoms with E-state index in [0.717, 1.165) is 28.7 Å². The highest BCUT2D eigenvalue weighted by molar-refractivity contribution is 7.22. The Morgan fingerprint density at radius 2 is 1.79 bits per heavy atom. The van der Waals surface area contributed by atoms with Gasteiger partial charge in [0.25, 0.3) is 5.91 Å². The van der Waals surface area contributed by atoms with Gasteiger partial charge in [-0.25, -0.2) is 4.98 Å². The van der Waals surface area contributed by atoms with Crippen molar-refractivity contribution in [1.82, 2.24) is 9.88 Å². The van der Waals surface area contributed by atoms with Crippen LogP contribution < -0.4 is 4.90 Å². The molecule has 29 heavy (non-hydrogen) atoms. The van der Waals surface area contributed by atoms with Crippen molar-refractivity contribution in [1.29, 1.82) is 0 Å². The fraction of sp³-hybridized carbons (Fsp3) is 0.300. The van der Waals surface area contributed by atoms with Gasteiger partial charge in [0, 0.05) is 16.6 Å². The predicted molar refractivity (Wildman–Crippen MR) is 128 cm³/mol. The van der Waals surface area contributed by atoms with Crippen LogP contribution in [-0.2, 0) is 0 Å². The number of carbonyl (C=O) groups excluding carboxylic acids is 1. The summed E-state index contributed by atoms with van der Waals surface area (Å²) >= 11 is 19.9. The highest BCUT2D eigenvalue weighted by atomic mass is 35.5. The zero-order chi connectivity index (χ0) is 20.4. The Morgan fingerprint density at radius 1 is 1.07 bits per heavy atom. The van der Waals surface area contributed by atoms with Crippen molar-refractivity contribution in [2.75, 3.05) is 32.1 Å². The maximum Gasteiger partial charge on any atom is 0.261 e. The molecular weight excluding hydrogens is 472 g/mol. The summed E-state index contributed by atoms with van der Waals surface area (Å²) in [6.07, 6.45) is 0.805. The molecule has 1 aromatic heterocycles. The van der Waals surface area contributed by atoms with Crippen LogP contribution >= 0.6 is 58.5 Å². The SMILES string of the molecule is Cc1cc(Cl)cc2sc(N(CCCN(C)C)C(=O)c3ccc(Cl)cc3Cl)nc12.Cl. The number of benzene rings is 2. The van der Waals surface area contributed by atoms with E-state index in [4.69, 9.17) is 39.8 Å². The van der Waals surface area contributed by atoms with E-state index in [0.29, 0.717) is 32.3 Å². The molecule has 0 bridgehead atoms. The molecule has 156 valence electrons. The molecule has 0 N–H and O–H groups in total. The van der Waals surface area contributed by atoms with Crippen LogP contribution in [0.2, 0.25) is 15.1 Å². The van der Waals surface area contributed by atoms with Crippen LogP contribution in [0.25, 0.3) is 10.2 Å². The molecule has 2 aromatic carbocycles. The number of aryl methyl sites for hydroxylation is 1. The third-order valence-corrected chi connectivity index (χ3v) is 6.06. The average Bonchev–Trinajstić information content (AvgIpc) is 3.02. The third-order valence-electron chi connectivity index (χ3n) is 4.26. The van der Waals surface area contributed by atoms with Crippen molar-refractivity contribution in [3.8, 4) is 0 Å². The first kappa shape index (κ1) is 24.2. The molecule has 0 radical (unpaired) electrons. The Morgan fingerprint density at radius 3 is 2.45 bits per heavy atom. The molecule has 0 aliphatic rings. The van der Waals surface area contributed by atoms with E-state index in [-0.39, 0.29) is 18.3 Å². The fourth-order valence-corrected chi connectivity index (χ4v) is 4.83. The van der Waals surface area contributed by atoms with Gasteiger partial charge in [0.1, 0.15) is 0 Å². The first-order valence-corrected chi connectivity index (χ1v) is 10.7. The van der Waals surface area contributed by atoms with Crippen LogP contribution in [0.15, 0.2) is 30.3 Å². The topological polar surface area (TPSA) is 36.4 Å². The van der Waals surface area contributed by atoms with E-state index in [1.165, 1.54) is 11.3 Å². The van der Waals surface area contributed by atoms with E-state index < -0.39 is 0 Å². The first-order chi connectivity index (χ1) is 13.3. The number of hydrogen-bond donors (Lipinski definition) is 0. The fourth-order valence-electron chi connectivity index (χ4n) is 2.90. The lowest BCUT2D eigenvalue weighted by Gasteiger charge is -2.21. The van der Waals surface area contributed by atoms with Crippen LogP contribution in [0.3, 0.4) is 0 Å². The van der Waals surface area contributed by atoms with Crippen molar-refractivity contribution in [2.45, 2.75) is 13.3 Å². The van der Waals surface area contributed by atoms with Crippen molar-refractivity contribution in [3.05, 3.63) is 56.5 Å². The van der Waals surface area contributed by atoms with E-state index in [2.05, 4.69) is 4.90 Å². The Labute approximate surface area is 195 Å². The second-order valence-electron chi connectivity index (χ2n) is 6.80. The molecule has 0 saturated carbocycles. The standard InChI is InChI=1S/C20H20Cl3N3OS.ClH/c1-12-9-14(22)11-17-18(12)24-20(28-17)26(8-4-7-25(2)3)19(27)15-6-5-13(21)10-16(15)23;/h5-6,9-11H,4,7-8H2,1-3H3;1H. The van der Waals surface area contributed by atoms with Gasteiger partial charge in [-0.1, -0.05) is 46.1 Å². The number of halogens is 4. The predicted octanol–water partition coefficient (Wildman–Crippen LogP) is 6.59. The van der Waals surface area contributed by atoms with Crippen LogP contribution in [0.5, 0.6) is 0 Å². The molecule has 0 spiro atoms. The lowest BCUT2D eigenvalue weighted by atomic mass is 10.2. The van der Waals surface area contributed by atoms with Gasteiger partial charge in [-0.05, 0) is 69.9 Å². The lowest BCUT2D eigenvalue weighted by molar-refractivity contribution is 0.0986. The van der Waals surface area contributed by atoms with Gasteiger partial charge in [0.2, 0.25) is 0 Å². The van der Waals surface area contributed by atoms with Crippen LogP contribution in [0, 0.1) is 6.92 Å². The summed E-state index contributed by atoms with van der Waals surface area (Å²) < 4.78 is 0.951. The van der Waals surface area contributed by atoms with Crippen LogP contribution in [0.4, 0.5) is 5.13 Å². The molecule has 0 atom stereocenters. The Kier molecular flexibility index (Phi) is 8.59. The summed E-state index contributed by atoms with van der Waals surface area (Å²) in [6, 6.07) is 8.66. The van der Waals surface area contributed by atoms with Gasteiger partial charge in [-0.15, -0.1) is 12.4 Å². The van der Waals surface area contributed by atoms with Gasteiger partial charge in [0.05, 0.1) is 20.8 Å². The monoisotopic (exact) mass is 491 g/mol. The van der Waals surface area contributed by atoms with Crippen LogP contribution in [0.1, 0.15) is 22.3 Å². The Hall–Kier alpha value is -1.08. The van der Waals surface area contributed by atoms with Crippen molar-refractivity contribution in [2.24, 2.45) is 0 Å². The molecule has 0 aliphatic heterocycles. The average molecular weight is 493 g/mol. The van der Waals surface area contributed by atoms with Gasteiger partial charge >= 0.3 is 0 Å². The molecule has 3 aromatic rings. The van der Waals surface area contributed by atoms with Crippen molar-refractivity contribution >= 4 is 79.8 Å². The van der Waals surface area contributed by atoms with E-state index in [9.17, 15) is 4.79 Å². The van der Waals surface area contributed by atoms with Gasteiger partial charge < -0.3 is 4.90 Å². The second kappa shape index (κ2) is 10.3. The minimum absolute atomic E-state index is 0. The Bertz CT molecular complexity index is 1020. The highest BCUT2D eigenvalue weighted by Crippen LogP contribution is 2.34. The van der Waals surface area contributed by atoms with Gasteiger partial charge in [-0.3, -0.25) is 9.69 Å². The van der Waals surface area contributed by atoms with E-state index in [1.807, 2.05) is 33.2 Å². The molecule has 3 rings (SSSR count). The van der Waals surface area contributed by atoms with E-state index in [1.54, 1.807) is 23.1 Å². The van der Waals surface area contributed by atoms with Gasteiger partial charge in [-0.2, -0.15) is 0 Å². The zero-order valence-electron chi connectivity index (χ0n) is 16.2. The van der Waals surface area contributed by atoms with Crippen molar-refractivity contribution in [3.63, 3.8) is 0 Å². The minimum Gasteiger partial charge on any atom is -0.309 e. The molecule has 9 heteroatoms. The number of rotatable bonds is 6. The number of hydrogen-bond acceptors (Lipinski definition) is 4. The number of amides is 1.